The molecule has 0 aliphatic rings. The summed E-state index contributed by atoms with van der Waals surface area (Å²) in [7, 11) is 0. The molecule has 0 aliphatic heterocycles. The second kappa shape index (κ2) is 9.34. The first kappa shape index (κ1) is 16.5. The zero-order chi connectivity index (χ0) is 14.8. The van der Waals surface area contributed by atoms with Crippen LogP contribution in [0.5, 0.6) is 0 Å². The van der Waals surface area contributed by atoms with Gasteiger partial charge in [0, 0.05) is 24.8 Å². The van der Waals surface area contributed by atoms with Crippen LogP contribution in [0.1, 0.15) is 0 Å². The maximum atomic E-state index is 10.3. The zero-order valence-corrected chi connectivity index (χ0v) is 14.1. The van der Waals surface area contributed by atoms with E-state index in [9.17, 15) is 9.59 Å². The Balaban J connectivity index is 0.000000152. The molecule has 0 aliphatic carbocycles. The summed E-state index contributed by atoms with van der Waals surface area (Å²) < 4.78 is 1.06. The smallest absolute Gasteiger partial charge is 0.0267 e. The minimum atomic E-state index is -0.361. The fraction of sp³-hybridized carbons (Fsp3) is 0. The summed E-state index contributed by atoms with van der Waals surface area (Å²) in [6.07, 6.45) is 7.00. The molecule has 0 bridgehead atoms. The standard InChI is InChI=1S/2C5H5N.C4H2O2Se2/c2*1-2-4-6-5-3-1;5-1-2(6)4(8)3(1)7/h2*1-5H;7-8H. The Morgan fingerprint density at radius 1 is 0.600 bits per heavy atom. The van der Waals surface area contributed by atoms with E-state index in [1.807, 2.05) is 36.4 Å². The van der Waals surface area contributed by atoms with E-state index < -0.39 is 0 Å². The first-order chi connectivity index (χ1) is 9.64. The van der Waals surface area contributed by atoms with E-state index >= 15 is 0 Å². The van der Waals surface area contributed by atoms with Gasteiger partial charge in [0.05, 0.1) is 0 Å². The SMILES string of the molecule is O=c1c([SeH])c([SeH])c1=O.c1ccncc1.c1ccncc1. The maximum Gasteiger partial charge on any atom is 0.0267 e. The molecule has 0 spiro atoms. The summed E-state index contributed by atoms with van der Waals surface area (Å²) in [5, 5.41) is 0. The van der Waals surface area contributed by atoms with E-state index in [-0.39, 0.29) is 10.9 Å². The molecule has 0 amide bonds. The zero-order valence-electron chi connectivity index (χ0n) is 10.4. The Bertz CT molecular complexity index is 567. The quantitative estimate of drug-likeness (QED) is 0.342. The van der Waals surface area contributed by atoms with Gasteiger partial charge in [-0.15, -0.1) is 0 Å². The number of hydrogen-bond acceptors (Lipinski definition) is 4. The fourth-order valence-corrected chi connectivity index (χ4v) is 1.85. The van der Waals surface area contributed by atoms with Crippen molar-refractivity contribution in [3.63, 3.8) is 0 Å². The van der Waals surface area contributed by atoms with Crippen LogP contribution in [0, 0.1) is 0 Å². The third-order valence-corrected chi connectivity index (χ3v) is 4.62. The predicted molar refractivity (Wildman–Crippen MR) is 83.4 cm³/mol. The summed E-state index contributed by atoms with van der Waals surface area (Å²) in [4.78, 5) is 28.2. The van der Waals surface area contributed by atoms with Crippen molar-refractivity contribution in [2.75, 3.05) is 0 Å². The molecule has 0 radical (unpaired) electrons. The predicted octanol–water partition coefficient (Wildman–Crippen LogP) is -1.50. The Kier molecular flexibility index (Phi) is 7.70. The minimum absolute atomic E-state index is 0.361. The molecule has 2 heterocycles. The molecule has 2 aromatic heterocycles. The maximum absolute atomic E-state index is 10.3. The first-order valence-corrected chi connectivity index (χ1v) is 7.43. The summed E-state index contributed by atoms with van der Waals surface area (Å²) >= 11 is 4.15. The van der Waals surface area contributed by atoms with Crippen LogP contribution in [0.2, 0.25) is 0 Å². The molecule has 1 aromatic carbocycles. The molecule has 4 nitrogen and oxygen atoms in total. The van der Waals surface area contributed by atoms with Gasteiger partial charge >= 0.3 is 61.4 Å². The third kappa shape index (κ3) is 5.59. The van der Waals surface area contributed by atoms with E-state index in [1.54, 1.807) is 24.8 Å². The number of hydrogen-bond donors (Lipinski definition) is 0. The van der Waals surface area contributed by atoms with E-state index in [0.29, 0.717) is 8.92 Å². The molecule has 0 fully saturated rings. The Labute approximate surface area is 132 Å². The van der Waals surface area contributed by atoms with Gasteiger partial charge in [-0.25, -0.2) is 0 Å². The molecule has 102 valence electrons. The van der Waals surface area contributed by atoms with Gasteiger partial charge in [-0.2, -0.15) is 0 Å². The number of aromatic nitrogens is 2. The molecule has 0 atom stereocenters. The van der Waals surface area contributed by atoms with E-state index in [0.717, 1.165) is 0 Å². The summed E-state index contributed by atoms with van der Waals surface area (Å²) in [6.45, 7) is 0. The normalized spacial score (nSPS) is 8.90. The van der Waals surface area contributed by atoms with Gasteiger partial charge in [0.2, 0.25) is 0 Å². The van der Waals surface area contributed by atoms with Crippen LogP contribution in [0.3, 0.4) is 0 Å². The van der Waals surface area contributed by atoms with Crippen LogP contribution in [-0.4, -0.2) is 42.0 Å². The van der Waals surface area contributed by atoms with Crippen LogP contribution in [0.25, 0.3) is 0 Å². The van der Waals surface area contributed by atoms with Gasteiger partial charge in [-0.1, -0.05) is 12.1 Å². The van der Waals surface area contributed by atoms with Gasteiger partial charge in [-0.3, -0.25) is 9.97 Å². The molecule has 20 heavy (non-hydrogen) atoms. The van der Waals surface area contributed by atoms with E-state index in [2.05, 4.69) is 42.0 Å². The number of nitrogens with zero attached hydrogens (tertiary/aromatic N) is 2. The first-order valence-electron chi connectivity index (χ1n) is 5.55. The molecule has 0 N–H and O–H groups in total. The van der Waals surface area contributed by atoms with Gasteiger partial charge in [0.25, 0.3) is 0 Å². The van der Waals surface area contributed by atoms with Gasteiger partial charge in [0.1, 0.15) is 0 Å². The van der Waals surface area contributed by atoms with Crippen molar-refractivity contribution in [3.05, 3.63) is 81.6 Å². The van der Waals surface area contributed by atoms with Crippen molar-refractivity contribution in [2.45, 2.75) is 0 Å². The Morgan fingerprint density at radius 3 is 1.00 bits per heavy atom. The topological polar surface area (TPSA) is 59.9 Å². The Hall–Kier alpha value is -1.58. The molecule has 3 rings (SSSR count). The molecule has 3 aromatic rings. The van der Waals surface area contributed by atoms with Crippen molar-refractivity contribution in [3.8, 4) is 0 Å². The largest absolute Gasteiger partial charge is 0.265 e. The average molecular weight is 398 g/mol. The van der Waals surface area contributed by atoms with Crippen LogP contribution in [0.4, 0.5) is 0 Å². The van der Waals surface area contributed by atoms with Gasteiger partial charge in [0.15, 0.2) is 0 Å². The van der Waals surface area contributed by atoms with Crippen LogP contribution in [0.15, 0.2) is 70.8 Å². The van der Waals surface area contributed by atoms with Crippen molar-refractivity contribution in [1.29, 1.82) is 0 Å². The van der Waals surface area contributed by atoms with Crippen LogP contribution >= 0.6 is 0 Å². The minimum Gasteiger partial charge on any atom is -0.265 e. The van der Waals surface area contributed by atoms with Crippen molar-refractivity contribution >= 4 is 40.9 Å². The Morgan fingerprint density at radius 2 is 0.900 bits per heavy atom. The van der Waals surface area contributed by atoms with E-state index in [1.165, 1.54) is 0 Å². The molecule has 6 heteroatoms. The monoisotopic (exact) mass is 400 g/mol. The second-order valence-corrected chi connectivity index (χ2v) is 5.28. The van der Waals surface area contributed by atoms with Crippen LogP contribution in [-0.2, 0) is 0 Å². The molecular weight excluding hydrogens is 386 g/mol. The third-order valence-electron chi connectivity index (χ3n) is 1.99. The van der Waals surface area contributed by atoms with Crippen molar-refractivity contribution in [1.82, 2.24) is 9.97 Å². The molecular formula is C14H12N2O2Se2. The van der Waals surface area contributed by atoms with Gasteiger partial charge in [-0.05, 0) is 24.3 Å². The number of pyridine rings is 2. The number of rotatable bonds is 0. The molecule has 0 unspecified atom stereocenters. The summed E-state index contributed by atoms with van der Waals surface area (Å²) in [5.74, 6) is 0. The molecule has 0 saturated carbocycles. The van der Waals surface area contributed by atoms with Crippen LogP contribution < -0.4 is 19.8 Å². The fourth-order valence-electron chi connectivity index (χ4n) is 0.993. The molecule has 0 saturated heterocycles. The average Bonchev–Trinajstić information content (AvgIpc) is 2.57. The van der Waals surface area contributed by atoms with Crippen molar-refractivity contribution < 1.29 is 0 Å². The summed E-state index contributed by atoms with van der Waals surface area (Å²) in [6, 6.07) is 11.4. The van der Waals surface area contributed by atoms with E-state index in [4.69, 9.17) is 0 Å². The second-order valence-electron chi connectivity index (χ2n) is 3.40. The van der Waals surface area contributed by atoms with Gasteiger partial charge < -0.3 is 0 Å². The summed E-state index contributed by atoms with van der Waals surface area (Å²) in [5.41, 5.74) is -0.721. The van der Waals surface area contributed by atoms with Crippen molar-refractivity contribution in [2.24, 2.45) is 0 Å².